The van der Waals surface area contributed by atoms with Gasteiger partial charge < -0.3 is 4.52 Å². The molecular weight excluding hydrogens is 476 g/mol. The number of rotatable bonds is 7. The largest absolute Gasteiger partial charge is 0.338 e. The second-order valence-electron chi connectivity index (χ2n) is 6.49. The molecule has 0 aliphatic rings. The van der Waals surface area contributed by atoms with Gasteiger partial charge in [-0.1, -0.05) is 58.4 Å². The van der Waals surface area contributed by atoms with E-state index in [1.807, 2.05) is 6.07 Å². The van der Waals surface area contributed by atoms with E-state index in [4.69, 9.17) is 16.1 Å². The lowest BCUT2D eigenvalue weighted by molar-refractivity contribution is 0.102. The predicted molar refractivity (Wildman–Crippen MR) is 118 cm³/mol. The third-order valence-electron chi connectivity index (χ3n) is 4.21. The van der Waals surface area contributed by atoms with Gasteiger partial charge in [-0.05, 0) is 30.7 Å². The monoisotopic (exact) mass is 490 g/mol. The van der Waals surface area contributed by atoms with E-state index in [2.05, 4.69) is 30.4 Å². The molecule has 0 radical (unpaired) electrons. The Labute approximate surface area is 191 Å². The Hall–Kier alpha value is -3.19. The van der Waals surface area contributed by atoms with Gasteiger partial charge in [0.25, 0.3) is 15.9 Å². The molecule has 0 aliphatic carbocycles. The van der Waals surface area contributed by atoms with Gasteiger partial charge >= 0.3 is 0 Å². The lowest BCUT2D eigenvalue weighted by Crippen LogP contribution is -2.23. The number of sulfonamides is 1. The van der Waals surface area contributed by atoms with Gasteiger partial charge in [-0.3, -0.25) is 10.1 Å². The Kier molecular flexibility index (Phi) is 6.28. The van der Waals surface area contributed by atoms with Crippen LogP contribution in [-0.2, 0) is 16.6 Å². The smallest absolute Gasteiger partial charge is 0.270 e. The minimum Gasteiger partial charge on any atom is -0.338 e. The molecule has 32 heavy (non-hydrogen) atoms. The first-order valence-corrected chi connectivity index (χ1v) is 11.8. The summed E-state index contributed by atoms with van der Waals surface area (Å²) in [6.07, 6.45) is 0. The highest BCUT2D eigenvalue weighted by atomic mass is 35.5. The number of anilines is 1. The molecule has 4 rings (SSSR count). The van der Waals surface area contributed by atoms with Crippen LogP contribution in [0.3, 0.4) is 0 Å². The van der Waals surface area contributed by atoms with Gasteiger partial charge in [0.15, 0.2) is 0 Å². The van der Waals surface area contributed by atoms with E-state index in [-0.39, 0.29) is 27.7 Å². The van der Waals surface area contributed by atoms with Crippen molar-refractivity contribution in [3.8, 4) is 11.4 Å². The average molecular weight is 491 g/mol. The summed E-state index contributed by atoms with van der Waals surface area (Å²) in [5.41, 5.74) is 1.87. The number of hydrogen-bond donors (Lipinski definition) is 2. The number of hydrogen-bond acceptors (Lipinski definition) is 9. The molecule has 0 saturated heterocycles. The molecule has 2 aromatic heterocycles. The Balaban J connectivity index is 1.41. The van der Waals surface area contributed by atoms with Gasteiger partial charge in [0.2, 0.25) is 21.2 Å². The molecule has 0 aliphatic heterocycles. The van der Waals surface area contributed by atoms with Crippen LogP contribution in [0.1, 0.15) is 21.8 Å². The molecule has 0 spiro atoms. The van der Waals surface area contributed by atoms with Crippen LogP contribution >= 0.6 is 22.9 Å². The van der Waals surface area contributed by atoms with Crippen molar-refractivity contribution in [1.29, 1.82) is 0 Å². The molecule has 0 bridgehead atoms. The molecular formula is C19H15ClN6O4S2. The fraction of sp³-hybridized carbons (Fsp3) is 0.105. The van der Waals surface area contributed by atoms with Crippen LogP contribution in [0.15, 0.2) is 57.4 Å². The van der Waals surface area contributed by atoms with Crippen LogP contribution in [0, 0.1) is 6.92 Å². The van der Waals surface area contributed by atoms with Gasteiger partial charge in [0.05, 0.1) is 6.54 Å². The van der Waals surface area contributed by atoms with E-state index in [9.17, 15) is 13.2 Å². The van der Waals surface area contributed by atoms with E-state index in [0.29, 0.717) is 16.1 Å². The molecule has 10 nitrogen and oxygen atoms in total. The molecule has 1 amide bonds. The van der Waals surface area contributed by atoms with Crippen molar-refractivity contribution in [2.45, 2.75) is 17.8 Å². The van der Waals surface area contributed by atoms with Crippen LogP contribution in [0.2, 0.25) is 5.02 Å². The summed E-state index contributed by atoms with van der Waals surface area (Å²) < 4.78 is 32.1. The summed E-state index contributed by atoms with van der Waals surface area (Å²) >= 11 is 6.67. The summed E-state index contributed by atoms with van der Waals surface area (Å²) in [4.78, 5) is 16.5. The van der Waals surface area contributed by atoms with Crippen molar-refractivity contribution in [3.63, 3.8) is 0 Å². The number of benzene rings is 2. The van der Waals surface area contributed by atoms with E-state index >= 15 is 0 Å². The van der Waals surface area contributed by atoms with E-state index in [0.717, 1.165) is 16.9 Å². The average Bonchev–Trinajstić information content (AvgIpc) is 3.43. The fourth-order valence-corrected chi connectivity index (χ4v) is 4.75. The number of aromatic nitrogens is 4. The molecule has 0 atom stereocenters. The zero-order valence-corrected chi connectivity index (χ0v) is 18.8. The van der Waals surface area contributed by atoms with Gasteiger partial charge in [-0.25, -0.2) is 8.42 Å². The number of nitrogens with one attached hydrogen (secondary N) is 2. The van der Waals surface area contributed by atoms with Crippen molar-refractivity contribution < 1.29 is 17.7 Å². The minimum absolute atomic E-state index is 0.0552. The minimum atomic E-state index is -4.01. The first kappa shape index (κ1) is 22.0. The van der Waals surface area contributed by atoms with Crippen LogP contribution in [0.5, 0.6) is 0 Å². The van der Waals surface area contributed by atoms with Crippen molar-refractivity contribution in [3.05, 3.63) is 70.6 Å². The standard InChI is InChI=1S/C19H15ClN6O4S2/c1-11-5-2-3-8-14(11)17(27)23-18-24-25-19(31-18)32(28,29)21-10-15-22-16(26-30-15)12-6-4-7-13(20)9-12/h2-9,21H,10H2,1H3,(H,23,24,27). The third-order valence-corrected chi connectivity index (χ3v) is 7.05. The lowest BCUT2D eigenvalue weighted by atomic mass is 10.1. The Bertz CT molecular complexity index is 1390. The molecule has 164 valence electrons. The Morgan fingerprint density at radius 3 is 2.75 bits per heavy atom. The highest BCUT2D eigenvalue weighted by Crippen LogP contribution is 2.22. The van der Waals surface area contributed by atoms with Gasteiger partial charge in [0, 0.05) is 16.1 Å². The van der Waals surface area contributed by atoms with Crippen LogP contribution in [-0.4, -0.2) is 34.7 Å². The number of aryl methyl sites for hydroxylation is 1. The van der Waals surface area contributed by atoms with Crippen LogP contribution in [0.4, 0.5) is 5.13 Å². The summed E-state index contributed by atoms with van der Waals surface area (Å²) in [7, 11) is -4.01. The molecule has 4 aromatic rings. The van der Waals surface area contributed by atoms with Crippen molar-refractivity contribution in [1.82, 2.24) is 25.1 Å². The quantitative estimate of drug-likeness (QED) is 0.376. The summed E-state index contributed by atoms with van der Waals surface area (Å²) in [6, 6.07) is 13.9. The maximum absolute atomic E-state index is 12.5. The number of halogens is 1. The fourth-order valence-electron chi connectivity index (χ4n) is 2.65. The number of carbonyl (C=O) groups is 1. The second kappa shape index (κ2) is 9.12. The van der Waals surface area contributed by atoms with Crippen molar-refractivity contribution >= 4 is 44.0 Å². The maximum Gasteiger partial charge on any atom is 0.270 e. The third kappa shape index (κ3) is 4.99. The highest BCUT2D eigenvalue weighted by molar-refractivity contribution is 7.91. The summed E-state index contributed by atoms with van der Waals surface area (Å²) in [5.74, 6) is -0.0736. The highest BCUT2D eigenvalue weighted by Gasteiger charge is 2.22. The summed E-state index contributed by atoms with van der Waals surface area (Å²) in [6.45, 7) is 1.55. The van der Waals surface area contributed by atoms with Crippen LogP contribution < -0.4 is 10.0 Å². The molecule has 13 heteroatoms. The van der Waals surface area contributed by atoms with E-state index in [1.165, 1.54) is 0 Å². The summed E-state index contributed by atoms with van der Waals surface area (Å²) in [5, 5.41) is 14.3. The molecule has 2 N–H and O–H groups in total. The first-order chi connectivity index (χ1) is 15.3. The van der Waals surface area contributed by atoms with Gasteiger partial charge in [-0.15, -0.1) is 10.2 Å². The number of nitrogens with zero attached hydrogens (tertiary/aromatic N) is 4. The zero-order chi connectivity index (χ0) is 22.7. The Morgan fingerprint density at radius 1 is 1.16 bits per heavy atom. The van der Waals surface area contributed by atoms with Gasteiger partial charge in [-0.2, -0.15) is 9.71 Å². The van der Waals surface area contributed by atoms with Crippen molar-refractivity contribution in [2.24, 2.45) is 0 Å². The molecule has 0 saturated carbocycles. The van der Waals surface area contributed by atoms with Crippen LogP contribution in [0.25, 0.3) is 11.4 Å². The second-order valence-corrected chi connectivity index (χ2v) is 9.84. The van der Waals surface area contributed by atoms with E-state index < -0.39 is 15.9 Å². The van der Waals surface area contributed by atoms with E-state index in [1.54, 1.807) is 49.4 Å². The zero-order valence-electron chi connectivity index (χ0n) is 16.4. The molecule has 2 aromatic carbocycles. The normalized spacial score (nSPS) is 11.4. The number of amides is 1. The lowest BCUT2D eigenvalue weighted by Gasteiger charge is -2.04. The first-order valence-electron chi connectivity index (χ1n) is 9.10. The topological polar surface area (TPSA) is 140 Å². The molecule has 0 unspecified atom stereocenters. The number of carbonyl (C=O) groups excluding carboxylic acids is 1. The maximum atomic E-state index is 12.5. The molecule has 2 heterocycles. The predicted octanol–water partition coefficient (Wildman–Crippen LogP) is 3.28. The van der Waals surface area contributed by atoms with Crippen molar-refractivity contribution in [2.75, 3.05) is 5.32 Å². The SMILES string of the molecule is Cc1ccccc1C(=O)Nc1nnc(S(=O)(=O)NCc2nc(-c3cccc(Cl)c3)no2)s1. The Morgan fingerprint density at radius 2 is 1.97 bits per heavy atom. The molecule has 0 fully saturated rings. The van der Waals surface area contributed by atoms with Gasteiger partial charge in [0.1, 0.15) is 0 Å².